The first-order valence-corrected chi connectivity index (χ1v) is 8.17. The molecule has 0 unspecified atom stereocenters. The lowest BCUT2D eigenvalue weighted by molar-refractivity contribution is 0.582. The lowest BCUT2D eigenvalue weighted by Gasteiger charge is -2.10. The molecule has 0 aliphatic carbocycles. The van der Waals surface area contributed by atoms with E-state index < -0.39 is 10.0 Å². The second-order valence-electron chi connectivity index (χ2n) is 3.73. The molecule has 0 aliphatic heterocycles. The molecule has 0 fully saturated rings. The molecule has 5 nitrogen and oxygen atoms in total. The van der Waals surface area contributed by atoms with Crippen molar-refractivity contribution in [3.63, 3.8) is 0 Å². The highest BCUT2D eigenvalue weighted by molar-refractivity contribution is 7.89. The first kappa shape index (κ1) is 14.3. The lowest BCUT2D eigenvalue weighted by Crippen LogP contribution is -2.27. The zero-order valence-corrected chi connectivity index (χ0v) is 12.2. The number of rotatable bonds is 5. The maximum Gasteiger partial charge on any atom is 0.244 e. The average Bonchev–Trinajstić information content (AvgIpc) is 2.81. The molecule has 0 amide bonds. The number of hydrogen-bond acceptors (Lipinski definition) is 5. The molecule has 1 aromatic heterocycles. The van der Waals surface area contributed by atoms with Gasteiger partial charge >= 0.3 is 0 Å². The first-order valence-electron chi connectivity index (χ1n) is 5.43. The van der Waals surface area contributed by atoms with Crippen LogP contribution in [-0.2, 0) is 16.4 Å². The van der Waals surface area contributed by atoms with E-state index in [0.29, 0.717) is 6.42 Å². The van der Waals surface area contributed by atoms with Crippen LogP contribution < -0.4 is 10.5 Å². The van der Waals surface area contributed by atoms with Gasteiger partial charge in [-0.05, 0) is 12.1 Å². The molecule has 0 saturated heterocycles. The third-order valence-corrected chi connectivity index (χ3v) is 5.22. The third-order valence-electron chi connectivity index (χ3n) is 2.38. The molecule has 0 atom stereocenters. The van der Waals surface area contributed by atoms with Gasteiger partial charge in [0.1, 0.15) is 4.90 Å². The zero-order chi connectivity index (χ0) is 13.9. The van der Waals surface area contributed by atoms with E-state index in [4.69, 9.17) is 17.3 Å². The Morgan fingerprint density at radius 3 is 2.84 bits per heavy atom. The number of hydrogen-bond donors (Lipinski definition) is 2. The molecule has 3 N–H and O–H groups in total. The monoisotopic (exact) mass is 317 g/mol. The van der Waals surface area contributed by atoms with E-state index in [1.165, 1.54) is 23.5 Å². The van der Waals surface area contributed by atoms with Crippen LogP contribution in [0.5, 0.6) is 0 Å². The summed E-state index contributed by atoms with van der Waals surface area (Å²) in [5.41, 5.74) is 5.79. The highest BCUT2D eigenvalue weighted by Crippen LogP contribution is 2.26. The van der Waals surface area contributed by atoms with Crippen molar-refractivity contribution in [1.82, 2.24) is 9.71 Å². The molecular formula is C11H12ClN3O2S2. The third kappa shape index (κ3) is 3.44. The smallest absolute Gasteiger partial charge is 0.244 e. The summed E-state index contributed by atoms with van der Waals surface area (Å²) >= 11 is 7.36. The maximum absolute atomic E-state index is 12.1. The summed E-state index contributed by atoms with van der Waals surface area (Å²) in [7, 11) is -3.70. The summed E-state index contributed by atoms with van der Waals surface area (Å²) in [5.74, 6) is 0. The van der Waals surface area contributed by atoms with E-state index in [-0.39, 0.29) is 22.2 Å². The highest BCUT2D eigenvalue weighted by atomic mass is 35.5. The molecule has 1 aromatic carbocycles. The van der Waals surface area contributed by atoms with E-state index in [9.17, 15) is 8.42 Å². The predicted molar refractivity (Wildman–Crippen MR) is 76.9 cm³/mol. The summed E-state index contributed by atoms with van der Waals surface area (Å²) in [4.78, 5) is 4.00. The van der Waals surface area contributed by atoms with Crippen LogP contribution >= 0.6 is 22.9 Å². The second-order valence-corrected chi connectivity index (χ2v) is 6.82. The van der Waals surface area contributed by atoms with Gasteiger partial charge < -0.3 is 5.73 Å². The van der Waals surface area contributed by atoms with Crippen LogP contribution in [0.2, 0.25) is 5.02 Å². The predicted octanol–water partition coefficient (Wildman–Crippen LogP) is 1.90. The zero-order valence-electron chi connectivity index (χ0n) is 9.84. The number of nitrogens with two attached hydrogens (primary N) is 1. The van der Waals surface area contributed by atoms with Crippen molar-refractivity contribution in [1.29, 1.82) is 0 Å². The van der Waals surface area contributed by atoms with Gasteiger partial charge in [-0.25, -0.2) is 18.1 Å². The van der Waals surface area contributed by atoms with Gasteiger partial charge in [0.25, 0.3) is 0 Å². The van der Waals surface area contributed by atoms with Crippen LogP contribution in [0.4, 0.5) is 5.69 Å². The summed E-state index contributed by atoms with van der Waals surface area (Å²) in [6.07, 6.45) is 2.21. The molecule has 1 heterocycles. The highest BCUT2D eigenvalue weighted by Gasteiger charge is 2.20. The Bertz CT molecular complexity index is 636. The van der Waals surface area contributed by atoms with E-state index in [1.807, 2.05) is 5.38 Å². The second kappa shape index (κ2) is 5.87. The molecule has 0 aliphatic rings. The number of thiazole rings is 1. The minimum atomic E-state index is -3.70. The Labute approximate surface area is 120 Å². The van der Waals surface area contributed by atoms with E-state index in [1.54, 1.807) is 12.3 Å². The van der Waals surface area contributed by atoms with Gasteiger partial charge in [0.05, 0.1) is 15.7 Å². The molecule has 0 bridgehead atoms. The van der Waals surface area contributed by atoms with Crippen LogP contribution in [0.3, 0.4) is 0 Å². The fraction of sp³-hybridized carbons (Fsp3) is 0.182. The molecule has 0 spiro atoms. The summed E-state index contributed by atoms with van der Waals surface area (Å²) in [5, 5.41) is 2.83. The molecule has 0 radical (unpaired) electrons. The van der Waals surface area contributed by atoms with Crippen molar-refractivity contribution in [2.75, 3.05) is 12.3 Å². The van der Waals surface area contributed by atoms with Crippen molar-refractivity contribution in [3.8, 4) is 0 Å². The number of halogens is 1. The van der Waals surface area contributed by atoms with Gasteiger partial charge in [-0.2, -0.15) is 0 Å². The van der Waals surface area contributed by atoms with Gasteiger partial charge in [-0.15, -0.1) is 11.3 Å². The minimum Gasteiger partial charge on any atom is -0.398 e. The van der Waals surface area contributed by atoms with Gasteiger partial charge in [0, 0.05) is 24.5 Å². The largest absolute Gasteiger partial charge is 0.398 e. The molecule has 8 heteroatoms. The first-order chi connectivity index (χ1) is 9.00. The average molecular weight is 318 g/mol. The topological polar surface area (TPSA) is 85.1 Å². The normalized spacial score (nSPS) is 11.6. The number of nitrogens with zero attached hydrogens (tertiary/aromatic N) is 1. The Morgan fingerprint density at radius 2 is 2.21 bits per heavy atom. The fourth-order valence-corrected chi connectivity index (χ4v) is 3.88. The number of nitrogens with one attached hydrogen (secondary N) is 1. The Kier molecular flexibility index (Phi) is 4.41. The molecule has 19 heavy (non-hydrogen) atoms. The van der Waals surface area contributed by atoms with Crippen molar-refractivity contribution >= 4 is 38.6 Å². The number of sulfonamides is 1. The van der Waals surface area contributed by atoms with Gasteiger partial charge in [-0.3, -0.25) is 0 Å². The lowest BCUT2D eigenvalue weighted by atomic mass is 10.3. The SMILES string of the molecule is Nc1cccc(Cl)c1S(=O)(=O)NCCc1nccs1. The fourth-order valence-electron chi connectivity index (χ4n) is 1.55. The molecule has 0 saturated carbocycles. The molecule has 2 aromatic rings. The summed E-state index contributed by atoms with van der Waals surface area (Å²) in [6.45, 7) is 0.251. The minimum absolute atomic E-state index is 0.0733. The standard InChI is InChI=1S/C11H12ClN3O2S2/c12-8-2-1-3-9(13)11(8)19(16,17)15-5-4-10-14-6-7-18-10/h1-3,6-7,15H,4-5,13H2. The molecular weight excluding hydrogens is 306 g/mol. The summed E-state index contributed by atoms with van der Waals surface area (Å²) in [6, 6.07) is 4.60. The quantitative estimate of drug-likeness (QED) is 0.825. The van der Waals surface area contributed by atoms with Crippen LogP contribution in [0.15, 0.2) is 34.7 Å². The van der Waals surface area contributed by atoms with Gasteiger partial charge in [-0.1, -0.05) is 17.7 Å². The van der Waals surface area contributed by atoms with E-state index >= 15 is 0 Å². The van der Waals surface area contributed by atoms with E-state index in [0.717, 1.165) is 5.01 Å². The van der Waals surface area contributed by atoms with Crippen LogP contribution in [-0.4, -0.2) is 19.9 Å². The van der Waals surface area contributed by atoms with Crippen LogP contribution in [0.25, 0.3) is 0 Å². The number of aromatic nitrogens is 1. The Morgan fingerprint density at radius 1 is 1.42 bits per heavy atom. The van der Waals surface area contributed by atoms with Crippen molar-refractivity contribution < 1.29 is 8.42 Å². The van der Waals surface area contributed by atoms with Gasteiger partial charge in [0.2, 0.25) is 10.0 Å². The Hall–Kier alpha value is -1.15. The van der Waals surface area contributed by atoms with Crippen LogP contribution in [0, 0.1) is 0 Å². The number of anilines is 1. The van der Waals surface area contributed by atoms with Crippen LogP contribution in [0.1, 0.15) is 5.01 Å². The number of benzene rings is 1. The van der Waals surface area contributed by atoms with Crippen molar-refractivity contribution in [2.24, 2.45) is 0 Å². The summed E-state index contributed by atoms with van der Waals surface area (Å²) < 4.78 is 26.7. The molecule has 102 valence electrons. The van der Waals surface area contributed by atoms with Crippen molar-refractivity contribution in [3.05, 3.63) is 39.8 Å². The van der Waals surface area contributed by atoms with Crippen molar-refractivity contribution in [2.45, 2.75) is 11.3 Å². The van der Waals surface area contributed by atoms with E-state index in [2.05, 4.69) is 9.71 Å². The maximum atomic E-state index is 12.1. The number of nitrogen functional groups attached to an aromatic ring is 1. The van der Waals surface area contributed by atoms with Gasteiger partial charge in [0.15, 0.2) is 0 Å². The Balaban J connectivity index is 2.10. The molecule has 2 rings (SSSR count).